The number of aliphatic carboxylic acids is 2. The summed E-state index contributed by atoms with van der Waals surface area (Å²) >= 11 is 0. The van der Waals surface area contributed by atoms with Crippen LogP contribution >= 0.6 is 0 Å². The summed E-state index contributed by atoms with van der Waals surface area (Å²) in [5, 5.41) is 15.6. The van der Waals surface area contributed by atoms with Gasteiger partial charge in [0, 0.05) is 43.6 Å². The van der Waals surface area contributed by atoms with Crippen molar-refractivity contribution in [3.8, 4) is 5.75 Å². The summed E-state index contributed by atoms with van der Waals surface area (Å²) in [4.78, 5) is 21.5. The van der Waals surface area contributed by atoms with E-state index >= 15 is 0 Å². The van der Waals surface area contributed by atoms with Gasteiger partial charge in [0.05, 0.1) is 0 Å². The van der Waals surface area contributed by atoms with E-state index in [1.54, 1.807) is 12.1 Å². The molecule has 0 saturated carbocycles. The third-order valence-corrected chi connectivity index (χ3v) is 6.18. The van der Waals surface area contributed by atoms with Crippen molar-refractivity contribution in [1.82, 2.24) is 4.90 Å². The van der Waals surface area contributed by atoms with Crippen LogP contribution < -0.4 is 4.74 Å². The molecule has 1 aliphatic rings. The number of benzene rings is 3. The molecule has 9 heteroatoms. The summed E-state index contributed by atoms with van der Waals surface area (Å²) in [7, 11) is 0. The van der Waals surface area contributed by atoms with Crippen molar-refractivity contribution in [2.24, 2.45) is 0 Å². The topological polar surface area (TPSA) is 87.1 Å². The lowest BCUT2D eigenvalue weighted by Crippen LogP contribution is -2.30. The zero-order valence-electron chi connectivity index (χ0n) is 21.7. The molecule has 6 nitrogen and oxygen atoms in total. The van der Waals surface area contributed by atoms with Gasteiger partial charge in [-0.25, -0.2) is 22.8 Å². The lowest BCUT2D eigenvalue weighted by atomic mass is 9.87. The van der Waals surface area contributed by atoms with Gasteiger partial charge in [-0.05, 0) is 73.0 Å². The number of carboxylic acid groups (broad SMARTS) is 2. The molecule has 0 amide bonds. The van der Waals surface area contributed by atoms with E-state index in [1.807, 2.05) is 30.3 Å². The molecule has 0 aromatic heterocycles. The second-order valence-corrected chi connectivity index (χ2v) is 9.09. The fraction of sp³-hybridized carbons (Fsp3) is 0.226. The van der Waals surface area contributed by atoms with Gasteiger partial charge in [0.2, 0.25) is 0 Å². The van der Waals surface area contributed by atoms with Crippen LogP contribution in [0.1, 0.15) is 36.3 Å². The Kier molecular flexibility index (Phi) is 11.5. The third-order valence-electron chi connectivity index (χ3n) is 6.18. The molecule has 0 atom stereocenters. The molecule has 0 bridgehead atoms. The van der Waals surface area contributed by atoms with Crippen molar-refractivity contribution in [2.45, 2.75) is 25.2 Å². The molecular weight excluding hydrogens is 523 g/mol. The van der Waals surface area contributed by atoms with Gasteiger partial charge in [0.1, 0.15) is 29.0 Å². The van der Waals surface area contributed by atoms with Crippen molar-refractivity contribution < 1.29 is 37.7 Å². The van der Waals surface area contributed by atoms with Crippen LogP contribution in [-0.2, 0) is 9.59 Å². The lowest BCUT2D eigenvalue weighted by Gasteiger charge is -2.27. The Balaban J connectivity index is 0.000000482. The molecule has 210 valence electrons. The standard InChI is InChI=1S/C27H26F3NO.C4H4O4/c28-22-10-6-20(7-11-22)27(21-8-12-23(29)13-9-21)5-2-16-31-17-14-25(15-18-31)32-26-4-1-3-24(30)19-26;5-3(6)1-2-4(7)8/h1,3-4,6-14,19,27H,2,5,15-18H2;1-2H,(H,5,6)(H,7,8)/b;2-1+. The highest BCUT2D eigenvalue weighted by Crippen LogP contribution is 2.30. The van der Waals surface area contributed by atoms with Crippen molar-refractivity contribution in [2.75, 3.05) is 19.6 Å². The van der Waals surface area contributed by atoms with Crippen LogP contribution in [0.4, 0.5) is 13.2 Å². The van der Waals surface area contributed by atoms with E-state index in [4.69, 9.17) is 14.9 Å². The summed E-state index contributed by atoms with van der Waals surface area (Å²) in [6.07, 6.45) is 5.77. The Morgan fingerprint density at radius 2 is 1.43 bits per heavy atom. The molecule has 0 spiro atoms. The molecule has 40 heavy (non-hydrogen) atoms. The molecule has 1 heterocycles. The molecule has 0 fully saturated rings. The fourth-order valence-electron chi connectivity index (χ4n) is 4.25. The number of carboxylic acids is 2. The van der Waals surface area contributed by atoms with Crippen LogP contribution in [-0.4, -0.2) is 46.7 Å². The highest BCUT2D eigenvalue weighted by molar-refractivity contribution is 5.89. The average molecular weight is 554 g/mol. The zero-order valence-corrected chi connectivity index (χ0v) is 21.7. The van der Waals surface area contributed by atoms with Gasteiger partial charge >= 0.3 is 11.9 Å². The first-order valence-electron chi connectivity index (χ1n) is 12.7. The lowest BCUT2D eigenvalue weighted by molar-refractivity contribution is -0.134. The second-order valence-electron chi connectivity index (χ2n) is 9.09. The molecule has 0 radical (unpaired) electrons. The zero-order chi connectivity index (χ0) is 28.9. The minimum absolute atomic E-state index is 0.0865. The first-order chi connectivity index (χ1) is 19.2. The van der Waals surface area contributed by atoms with Crippen LogP contribution in [0.2, 0.25) is 0 Å². The average Bonchev–Trinajstić information content (AvgIpc) is 2.93. The molecule has 0 saturated heterocycles. The first-order valence-corrected chi connectivity index (χ1v) is 12.7. The molecule has 0 unspecified atom stereocenters. The summed E-state index contributed by atoms with van der Waals surface area (Å²) in [6.45, 7) is 2.57. The Labute approximate surface area is 230 Å². The summed E-state index contributed by atoms with van der Waals surface area (Å²) in [6, 6.07) is 19.3. The van der Waals surface area contributed by atoms with Gasteiger partial charge in [-0.3, -0.25) is 4.90 Å². The maximum Gasteiger partial charge on any atom is 0.328 e. The Hall–Kier alpha value is -4.37. The number of nitrogens with zero attached hydrogens (tertiary/aromatic N) is 1. The van der Waals surface area contributed by atoms with E-state index in [1.165, 1.54) is 36.4 Å². The Morgan fingerprint density at radius 3 is 1.90 bits per heavy atom. The second kappa shape index (κ2) is 15.3. The van der Waals surface area contributed by atoms with Gasteiger partial charge in [0.25, 0.3) is 0 Å². The predicted octanol–water partition coefficient (Wildman–Crippen LogP) is 6.40. The normalized spacial score (nSPS) is 13.4. The monoisotopic (exact) mass is 553 g/mol. The van der Waals surface area contributed by atoms with E-state index in [2.05, 4.69) is 4.90 Å². The highest BCUT2D eigenvalue weighted by atomic mass is 19.1. The van der Waals surface area contributed by atoms with Crippen molar-refractivity contribution in [1.29, 1.82) is 0 Å². The van der Waals surface area contributed by atoms with Crippen LogP contribution in [0.25, 0.3) is 0 Å². The maximum absolute atomic E-state index is 13.4. The molecular formula is C31H30F3NO5. The van der Waals surface area contributed by atoms with E-state index in [0.717, 1.165) is 55.8 Å². The Morgan fingerprint density at radius 1 is 0.850 bits per heavy atom. The molecule has 4 rings (SSSR count). The van der Waals surface area contributed by atoms with E-state index < -0.39 is 11.9 Å². The third kappa shape index (κ3) is 10.4. The number of rotatable bonds is 10. The largest absolute Gasteiger partial charge is 0.478 e. The van der Waals surface area contributed by atoms with Crippen LogP contribution in [0.3, 0.4) is 0 Å². The number of hydrogen-bond acceptors (Lipinski definition) is 4. The predicted molar refractivity (Wildman–Crippen MR) is 144 cm³/mol. The minimum Gasteiger partial charge on any atom is -0.478 e. The summed E-state index contributed by atoms with van der Waals surface area (Å²) < 4.78 is 45.9. The number of carbonyl (C=O) groups is 2. The van der Waals surface area contributed by atoms with E-state index in [0.29, 0.717) is 17.9 Å². The van der Waals surface area contributed by atoms with Crippen molar-refractivity contribution in [3.63, 3.8) is 0 Å². The van der Waals surface area contributed by atoms with E-state index in [9.17, 15) is 22.8 Å². The van der Waals surface area contributed by atoms with Gasteiger partial charge in [-0.15, -0.1) is 0 Å². The highest BCUT2D eigenvalue weighted by Gasteiger charge is 2.17. The quantitative estimate of drug-likeness (QED) is 0.283. The van der Waals surface area contributed by atoms with Crippen molar-refractivity contribution >= 4 is 11.9 Å². The number of hydrogen-bond donors (Lipinski definition) is 2. The summed E-state index contributed by atoms with van der Waals surface area (Å²) in [5.41, 5.74) is 2.06. The van der Waals surface area contributed by atoms with Gasteiger partial charge in [0.15, 0.2) is 0 Å². The summed E-state index contributed by atoms with van der Waals surface area (Å²) in [5.74, 6) is -1.87. The number of ether oxygens (including phenoxy) is 1. The fourth-order valence-corrected chi connectivity index (χ4v) is 4.25. The SMILES string of the molecule is Fc1ccc(C(CCCN2CC=C(Oc3cccc(F)c3)CC2)c2ccc(F)cc2)cc1.O=C(O)/C=C/C(=O)O. The van der Waals surface area contributed by atoms with Gasteiger partial charge in [-0.2, -0.15) is 0 Å². The molecule has 2 N–H and O–H groups in total. The minimum atomic E-state index is -1.26. The number of halogens is 3. The first kappa shape index (κ1) is 30.2. The smallest absolute Gasteiger partial charge is 0.328 e. The Bertz CT molecular complexity index is 1260. The molecule has 0 aliphatic carbocycles. The van der Waals surface area contributed by atoms with Crippen molar-refractivity contribution in [3.05, 3.63) is 125 Å². The molecule has 3 aromatic rings. The van der Waals surface area contributed by atoms with Gasteiger partial charge in [-0.1, -0.05) is 30.3 Å². The molecule has 1 aliphatic heterocycles. The van der Waals surface area contributed by atoms with Gasteiger partial charge < -0.3 is 14.9 Å². The van der Waals surface area contributed by atoms with Crippen LogP contribution in [0.5, 0.6) is 5.75 Å². The maximum atomic E-state index is 13.4. The van der Waals surface area contributed by atoms with E-state index in [-0.39, 0.29) is 23.4 Å². The molecule has 3 aromatic carbocycles. The van der Waals surface area contributed by atoms with Crippen LogP contribution in [0, 0.1) is 17.5 Å². The van der Waals surface area contributed by atoms with Crippen LogP contribution in [0.15, 0.2) is 96.8 Å².